The lowest BCUT2D eigenvalue weighted by Gasteiger charge is -2.35. The maximum Gasteiger partial charge on any atom is 0.252 e. The Hall–Kier alpha value is -0.610. The quantitative estimate of drug-likeness (QED) is 0.747. The number of methoxy groups -OCH3 is 1. The minimum Gasteiger partial charge on any atom is -0.369 e. The largest absolute Gasteiger partial charge is 0.369 e. The number of ether oxygens (including phenoxy) is 1. The summed E-state index contributed by atoms with van der Waals surface area (Å²) in [6.45, 7) is 10.6. The van der Waals surface area contributed by atoms with Gasteiger partial charge in [-0.05, 0) is 31.7 Å². The fourth-order valence-electron chi connectivity index (χ4n) is 1.60. The molecule has 0 spiro atoms. The Morgan fingerprint density at radius 2 is 1.88 bits per heavy atom. The van der Waals surface area contributed by atoms with Gasteiger partial charge in [-0.3, -0.25) is 4.79 Å². The third-order valence-corrected chi connectivity index (χ3v) is 3.41. The van der Waals surface area contributed by atoms with E-state index >= 15 is 0 Å². The molecule has 0 aromatic rings. The van der Waals surface area contributed by atoms with Crippen LogP contribution in [0.5, 0.6) is 0 Å². The molecule has 0 aromatic heterocycles. The smallest absolute Gasteiger partial charge is 0.252 e. The van der Waals surface area contributed by atoms with E-state index in [9.17, 15) is 4.79 Å². The van der Waals surface area contributed by atoms with Crippen molar-refractivity contribution in [1.29, 1.82) is 0 Å². The fraction of sp³-hybridized carbons (Fsp3) is 0.923. The molecule has 4 nitrogen and oxygen atoms in total. The first-order chi connectivity index (χ1) is 7.71. The van der Waals surface area contributed by atoms with E-state index in [0.29, 0.717) is 13.0 Å². The molecule has 0 aliphatic heterocycles. The van der Waals surface area contributed by atoms with Crippen LogP contribution in [0, 0.1) is 5.41 Å². The molecular weight excluding hydrogens is 216 g/mol. The van der Waals surface area contributed by atoms with Gasteiger partial charge in [-0.1, -0.05) is 27.7 Å². The summed E-state index contributed by atoms with van der Waals surface area (Å²) < 4.78 is 5.30. The van der Waals surface area contributed by atoms with Gasteiger partial charge in [-0.15, -0.1) is 0 Å². The number of hydrogen-bond donors (Lipinski definition) is 2. The normalized spacial score (nSPS) is 17.4. The number of carbonyl (C=O) groups is 1. The standard InChI is InChI=1S/C13H28N2O2/c1-7-13(5,17-6)11(16)15-10(8-9-14)12(2,3)4/h10H,7-9,14H2,1-6H3,(H,15,16). The molecule has 17 heavy (non-hydrogen) atoms. The Morgan fingerprint density at radius 1 is 1.35 bits per heavy atom. The van der Waals surface area contributed by atoms with Gasteiger partial charge in [0.25, 0.3) is 5.91 Å². The lowest BCUT2D eigenvalue weighted by molar-refractivity contribution is -0.143. The van der Waals surface area contributed by atoms with E-state index in [1.54, 1.807) is 7.11 Å². The fourth-order valence-corrected chi connectivity index (χ4v) is 1.60. The van der Waals surface area contributed by atoms with Crippen LogP contribution in [0.4, 0.5) is 0 Å². The summed E-state index contributed by atoms with van der Waals surface area (Å²) in [6, 6.07) is 0.0704. The molecule has 0 fully saturated rings. The molecule has 1 amide bonds. The van der Waals surface area contributed by atoms with Crippen LogP contribution < -0.4 is 11.1 Å². The Bertz CT molecular complexity index is 242. The second-order valence-electron chi connectivity index (χ2n) is 5.76. The summed E-state index contributed by atoms with van der Waals surface area (Å²) in [6.07, 6.45) is 1.42. The van der Waals surface area contributed by atoms with Crippen LogP contribution in [0.3, 0.4) is 0 Å². The highest BCUT2D eigenvalue weighted by atomic mass is 16.5. The van der Waals surface area contributed by atoms with Crippen molar-refractivity contribution in [3.05, 3.63) is 0 Å². The summed E-state index contributed by atoms with van der Waals surface area (Å²) in [4.78, 5) is 12.2. The van der Waals surface area contributed by atoms with E-state index in [2.05, 4.69) is 26.1 Å². The van der Waals surface area contributed by atoms with Gasteiger partial charge in [0.1, 0.15) is 5.60 Å². The van der Waals surface area contributed by atoms with Crippen LogP contribution in [0.2, 0.25) is 0 Å². The number of amides is 1. The highest BCUT2D eigenvalue weighted by molar-refractivity contribution is 5.85. The number of carbonyl (C=O) groups excluding carboxylic acids is 1. The van der Waals surface area contributed by atoms with Crippen LogP contribution in [0.15, 0.2) is 0 Å². The first-order valence-electron chi connectivity index (χ1n) is 6.27. The molecule has 0 saturated carbocycles. The average Bonchev–Trinajstić information content (AvgIpc) is 2.26. The van der Waals surface area contributed by atoms with Crippen molar-refractivity contribution in [3.63, 3.8) is 0 Å². The molecular formula is C13H28N2O2. The van der Waals surface area contributed by atoms with E-state index in [4.69, 9.17) is 10.5 Å². The molecule has 2 unspecified atom stereocenters. The zero-order chi connectivity index (χ0) is 13.7. The summed E-state index contributed by atoms with van der Waals surface area (Å²) in [7, 11) is 1.57. The lowest BCUT2D eigenvalue weighted by Crippen LogP contribution is -2.53. The molecule has 0 aliphatic carbocycles. The molecule has 0 rings (SSSR count). The second kappa shape index (κ2) is 6.36. The van der Waals surface area contributed by atoms with Crippen LogP contribution in [0.25, 0.3) is 0 Å². The molecule has 0 saturated heterocycles. The van der Waals surface area contributed by atoms with E-state index in [-0.39, 0.29) is 17.4 Å². The van der Waals surface area contributed by atoms with Gasteiger partial charge < -0.3 is 15.8 Å². The molecule has 3 N–H and O–H groups in total. The monoisotopic (exact) mass is 244 g/mol. The molecule has 4 heteroatoms. The number of hydrogen-bond acceptors (Lipinski definition) is 3. The zero-order valence-electron chi connectivity index (χ0n) is 12.1. The Kier molecular flexibility index (Phi) is 6.13. The maximum absolute atomic E-state index is 12.2. The van der Waals surface area contributed by atoms with E-state index < -0.39 is 5.60 Å². The van der Waals surface area contributed by atoms with Crippen molar-refractivity contribution in [1.82, 2.24) is 5.32 Å². The van der Waals surface area contributed by atoms with Crippen molar-refractivity contribution >= 4 is 5.91 Å². The van der Waals surface area contributed by atoms with E-state index in [0.717, 1.165) is 6.42 Å². The molecule has 2 atom stereocenters. The molecule has 0 heterocycles. The average molecular weight is 244 g/mol. The Labute approximate surface area is 105 Å². The van der Waals surface area contributed by atoms with Crippen LogP contribution in [-0.2, 0) is 9.53 Å². The van der Waals surface area contributed by atoms with Crippen molar-refractivity contribution in [3.8, 4) is 0 Å². The second-order valence-corrected chi connectivity index (χ2v) is 5.76. The summed E-state index contributed by atoms with van der Waals surface area (Å²) >= 11 is 0. The van der Waals surface area contributed by atoms with Gasteiger partial charge in [0.05, 0.1) is 0 Å². The van der Waals surface area contributed by atoms with Crippen LogP contribution in [0.1, 0.15) is 47.5 Å². The van der Waals surface area contributed by atoms with Crippen LogP contribution >= 0.6 is 0 Å². The van der Waals surface area contributed by atoms with Crippen molar-refractivity contribution in [2.24, 2.45) is 11.1 Å². The first kappa shape index (κ1) is 16.4. The SMILES string of the molecule is CCC(C)(OC)C(=O)NC(CCN)C(C)(C)C. The van der Waals surface area contributed by atoms with Crippen molar-refractivity contribution < 1.29 is 9.53 Å². The van der Waals surface area contributed by atoms with Crippen molar-refractivity contribution in [2.75, 3.05) is 13.7 Å². The maximum atomic E-state index is 12.2. The van der Waals surface area contributed by atoms with Crippen LogP contribution in [-0.4, -0.2) is 31.2 Å². The predicted octanol–water partition coefficient (Wildman–Crippen LogP) is 1.68. The number of rotatable bonds is 6. The highest BCUT2D eigenvalue weighted by Crippen LogP contribution is 2.23. The predicted molar refractivity (Wildman–Crippen MR) is 70.8 cm³/mol. The first-order valence-corrected chi connectivity index (χ1v) is 6.27. The topological polar surface area (TPSA) is 64.3 Å². The Balaban J connectivity index is 4.72. The molecule has 0 radical (unpaired) electrons. The van der Waals surface area contributed by atoms with Gasteiger partial charge in [-0.25, -0.2) is 0 Å². The number of nitrogens with one attached hydrogen (secondary N) is 1. The third kappa shape index (κ3) is 4.64. The lowest BCUT2D eigenvalue weighted by atomic mass is 9.84. The van der Waals surface area contributed by atoms with Gasteiger partial charge in [0.15, 0.2) is 0 Å². The van der Waals surface area contributed by atoms with Gasteiger partial charge in [0, 0.05) is 13.2 Å². The van der Waals surface area contributed by atoms with Gasteiger partial charge >= 0.3 is 0 Å². The molecule has 102 valence electrons. The molecule has 0 bridgehead atoms. The summed E-state index contributed by atoms with van der Waals surface area (Å²) in [5.74, 6) is -0.0594. The highest BCUT2D eigenvalue weighted by Gasteiger charge is 2.34. The summed E-state index contributed by atoms with van der Waals surface area (Å²) in [5, 5.41) is 3.06. The van der Waals surface area contributed by atoms with Crippen molar-refractivity contribution in [2.45, 2.75) is 59.1 Å². The summed E-state index contributed by atoms with van der Waals surface area (Å²) in [5.41, 5.74) is 4.84. The van der Waals surface area contributed by atoms with E-state index in [1.807, 2.05) is 13.8 Å². The zero-order valence-corrected chi connectivity index (χ0v) is 12.1. The van der Waals surface area contributed by atoms with Gasteiger partial charge in [-0.2, -0.15) is 0 Å². The minimum atomic E-state index is -0.752. The minimum absolute atomic E-state index is 0.00256. The Morgan fingerprint density at radius 3 is 2.18 bits per heavy atom. The number of nitrogens with two attached hydrogens (primary N) is 1. The molecule has 0 aliphatic rings. The van der Waals surface area contributed by atoms with Gasteiger partial charge in [0.2, 0.25) is 0 Å². The van der Waals surface area contributed by atoms with E-state index in [1.165, 1.54) is 0 Å². The molecule has 0 aromatic carbocycles. The third-order valence-electron chi connectivity index (χ3n) is 3.41.